The summed E-state index contributed by atoms with van der Waals surface area (Å²) in [5, 5.41) is 9.81. The smallest absolute Gasteiger partial charge is 0.243 e. The minimum atomic E-state index is -0.480. The minimum absolute atomic E-state index is 0.0299. The van der Waals surface area contributed by atoms with Crippen molar-refractivity contribution in [1.29, 1.82) is 0 Å². The van der Waals surface area contributed by atoms with Crippen LogP contribution in [0.25, 0.3) is 0 Å². The third-order valence-corrected chi connectivity index (χ3v) is 3.65. The second-order valence-electron chi connectivity index (χ2n) is 5.36. The molecule has 0 aliphatic carbocycles. The average molecular weight is 307 g/mol. The quantitative estimate of drug-likeness (QED) is 0.435. The van der Waals surface area contributed by atoms with Gasteiger partial charge in [-0.1, -0.05) is 19.3 Å². The van der Waals surface area contributed by atoms with Crippen molar-refractivity contribution in [1.82, 2.24) is 20.5 Å². The Kier molecular flexibility index (Phi) is 6.08. The molecule has 2 bridgehead atoms. The van der Waals surface area contributed by atoms with E-state index >= 15 is 0 Å². The average Bonchev–Trinajstić information content (AvgIpc) is 2.54. The molecule has 3 N–H and O–H groups in total. The van der Waals surface area contributed by atoms with E-state index in [0.29, 0.717) is 23.8 Å². The first-order valence-corrected chi connectivity index (χ1v) is 7.47. The van der Waals surface area contributed by atoms with Crippen molar-refractivity contribution in [2.45, 2.75) is 38.5 Å². The van der Waals surface area contributed by atoms with Gasteiger partial charge in [-0.25, -0.2) is 15.0 Å². The molecule has 1 aromatic heterocycles. The zero-order chi connectivity index (χ0) is 15.8. The van der Waals surface area contributed by atoms with Crippen LogP contribution in [0.1, 0.15) is 37.8 Å². The third kappa shape index (κ3) is 4.96. The number of carbonyl (C=O) groups is 2. The van der Waals surface area contributed by atoms with Crippen molar-refractivity contribution >= 4 is 18.3 Å². The molecule has 2 amide bonds. The van der Waals surface area contributed by atoms with Gasteiger partial charge in [0.1, 0.15) is 0 Å². The van der Waals surface area contributed by atoms with E-state index < -0.39 is 5.92 Å². The molecule has 120 valence electrons. The Hall–Kier alpha value is -2.22. The molecule has 0 unspecified atom stereocenters. The Morgan fingerprint density at radius 3 is 2.95 bits per heavy atom. The standard InChI is InChI=1S/C14H21N5O3/c20-10-19(22)9-11-5-3-1-2-4-6-12-7-8-15-14(16-12)18-17-13(11)21/h7-8,10-11,22H,1-6,9H2,(H,17,21)(H,15,16,18)/t11-/m1/s1. The van der Waals surface area contributed by atoms with Crippen molar-refractivity contribution in [2.75, 3.05) is 12.0 Å². The number of carbonyl (C=O) groups excluding carboxylic acids is 2. The van der Waals surface area contributed by atoms with Crippen molar-refractivity contribution in [3.63, 3.8) is 0 Å². The van der Waals surface area contributed by atoms with Crippen LogP contribution in [0.3, 0.4) is 0 Å². The van der Waals surface area contributed by atoms with E-state index in [-0.39, 0.29) is 12.5 Å². The molecule has 2 rings (SSSR count). The molecule has 2 heterocycles. The first-order valence-electron chi connectivity index (χ1n) is 7.47. The lowest BCUT2D eigenvalue weighted by Crippen LogP contribution is -2.40. The third-order valence-electron chi connectivity index (χ3n) is 3.65. The molecule has 0 saturated heterocycles. The lowest BCUT2D eigenvalue weighted by atomic mass is 9.99. The number of anilines is 1. The van der Waals surface area contributed by atoms with Crippen LogP contribution in [-0.2, 0) is 16.0 Å². The van der Waals surface area contributed by atoms with Crippen molar-refractivity contribution < 1.29 is 14.8 Å². The van der Waals surface area contributed by atoms with E-state index in [1.807, 2.05) is 6.07 Å². The number of hydrogen-bond donors (Lipinski definition) is 3. The summed E-state index contributed by atoms with van der Waals surface area (Å²) < 4.78 is 0. The molecular weight excluding hydrogens is 286 g/mol. The highest BCUT2D eigenvalue weighted by molar-refractivity contribution is 5.80. The van der Waals surface area contributed by atoms with E-state index in [9.17, 15) is 14.8 Å². The highest BCUT2D eigenvalue weighted by Crippen LogP contribution is 2.14. The number of rotatable bonds is 3. The van der Waals surface area contributed by atoms with Crippen molar-refractivity contribution in [2.24, 2.45) is 5.92 Å². The van der Waals surface area contributed by atoms with Crippen LogP contribution < -0.4 is 10.9 Å². The van der Waals surface area contributed by atoms with Gasteiger partial charge in [0.2, 0.25) is 18.3 Å². The molecule has 0 saturated carbocycles. The van der Waals surface area contributed by atoms with Crippen LogP contribution in [0, 0.1) is 5.92 Å². The van der Waals surface area contributed by atoms with Crippen LogP contribution >= 0.6 is 0 Å². The zero-order valence-corrected chi connectivity index (χ0v) is 12.4. The first kappa shape index (κ1) is 16.2. The van der Waals surface area contributed by atoms with Crippen LogP contribution in [0.4, 0.5) is 5.95 Å². The van der Waals surface area contributed by atoms with Crippen LogP contribution in [0.2, 0.25) is 0 Å². The molecule has 0 aromatic carbocycles. The maximum atomic E-state index is 12.2. The van der Waals surface area contributed by atoms with Crippen molar-refractivity contribution in [3.05, 3.63) is 18.0 Å². The van der Waals surface area contributed by atoms with Gasteiger partial charge in [0.05, 0.1) is 12.5 Å². The van der Waals surface area contributed by atoms with E-state index in [0.717, 1.165) is 37.8 Å². The van der Waals surface area contributed by atoms with Gasteiger partial charge in [-0.2, -0.15) is 0 Å². The van der Waals surface area contributed by atoms with Gasteiger partial charge in [0, 0.05) is 11.9 Å². The van der Waals surface area contributed by atoms with Gasteiger partial charge in [0.25, 0.3) is 0 Å². The number of nitrogens with zero attached hydrogens (tertiary/aromatic N) is 3. The summed E-state index contributed by atoms with van der Waals surface area (Å²) >= 11 is 0. The number of amides is 2. The molecule has 1 aliphatic heterocycles. The maximum Gasteiger partial charge on any atom is 0.243 e. The summed E-state index contributed by atoms with van der Waals surface area (Å²) in [6.45, 7) is -0.0299. The van der Waals surface area contributed by atoms with E-state index in [2.05, 4.69) is 20.8 Å². The Morgan fingerprint density at radius 2 is 2.14 bits per heavy atom. The number of hydroxylamine groups is 2. The fraction of sp³-hybridized carbons (Fsp3) is 0.571. The molecule has 8 heteroatoms. The van der Waals surface area contributed by atoms with E-state index in [4.69, 9.17) is 0 Å². The largest absolute Gasteiger partial charge is 0.286 e. The maximum absolute atomic E-state index is 12.2. The Labute approximate surface area is 128 Å². The number of nitrogens with one attached hydrogen (secondary N) is 2. The lowest BCUT2D eigenvalue weighted by Gasteiger charge is -2.19. The Bertz CT molecular complexity index is 511. The van der Waals surface area contributed by atoms with Gasteiger partial charge in [-0.3, -0.25) is 25.6 Å². The van der Waals surface area contributed by atoms with E-state index in [1.165, 1.54) is 0 Å². The van der Waals surface area contributed by atoms with E-state index in [1.54, 1.807) is 6.20 Å². The molecule has 0 spiro atoms. The monoisotopic (exact) mass is 307 g/mol. The Balaban J connectivity index is 2.05. The van der Waals surface area contributed by atoms with Gasteiger partial charge in [-0.05, 0) is 25.3 Å². The second-order valence-corrected chi connectivity index (χ2v) is 5.36. The summed E-state index contributed by atoms with van der Waals surface area (Å²) in [5.74, 6) is -0.444. The summed E-state index contributed by atoms with van der Waals surface area (Å²) in [6.07, 6.45) is 7.39. The zero-order valence-electron chi connectivity index (χ0n) is 12.4. The minimum Gasteiger partial charge on any atom is -0.286 e. The highest BCUT2D eigenvalue weighted by Gasteiger charge is 2.21. The van der Waals surface area contributed by atoms with Gasteiger partial charge in [0.15, 0.2) is 0 Å². The predicted octanol–water partition coefficient (Wildman–Crippen LogP) is 0.890. The second kappa shape index (κ2) is 8.28. The predicted molar refractivity (Wildman–Crippen MR) is 78.6 cm³/mol. The van der Waals surface area contributed by atoms with Gasteiger partial charge < -0.3 is 0 Å². The topological polar surface area (TPSA) is 107 Å². The molecule has 0 radical (unpaired) electrons. The lowest BCUT2D eigenvalue weighted by molar-refractivity contribution is -0.154. The summed E-state index contributed by atoms with van der Waals surface area (Å²) in [4.78, 5) is 31.1. The number of hydrazine groups is 1. The van der Waals surface area contributed by atoms with Gasteiger partial charge in [-0.15, -0.1) is 0 Å². The summed E-state index contributed by atoms with van der Waals surface area (Å²) in [7, 11) is 0. The molecule has 8 nitrogen and oxygen atoms in total. The first-order chi connectivity index (χ1) is 10.7. The van der Waals surface area contributed by atoms with Crippen molar-refractivity contribution in [3.8, 4) is 0 Å². The van der Waals surface area contributed by atoms with Crippen LogP contribution in [0.5, 0.6) is 0 Å². The fourth-order valence-corrected chi connectivity index (χ4v) is 2.44. The number of aromatic nitrogens is 2. The summed E-state index contributed by atoms with van der Waals surface area (Å²) in [5.41, 5.74) is 6.16. The van der Waals surface area contributed by atoms with Crippen LogP contribution in [0.15, 0.2) is 12.3 Å². The molecule has 1 aromatic rings. The molecule has 1 atom stereocenters. The number of fused-ring (bicyclic) bond motifs is 2. The normalized spacial score (nSPS) is 19.7. The fourth-order valence-electron chi connectivity index (χ4n) is 2.44. The Morgan fingerprint density at radius 1 is 1.32 bits per heavy atom. The SMILES string of the molecule is O=CN(O)C[C@H]1CCCCCCc2ccnc(n2)NNC1=O. The highest BCUT2D eigenvalue weighted by atomic mass is 16.5. The summed E-state index contributed by atoms with van der Waals surface area (Å²) in [6, 6.07) is 1.86. The number of hydrogen-bond acceptors (Lipinski definition) is 6. The molecule has 0 fully saturated rings. The number of aryl methyl sites for hydroxylation is 1. The van der Waals surface area contributed by atoms with Crippen LogP contribution in [-0.4, -0.2) is 39.1 Å². The van der Waals surface area contributed by atoms with Gasteiger partial charge >= 0.3 is 0 Å². The molecule has 22 heavy (non-hydrogen) atoms. The molecule has 1 aliphatic rings. The molecular formula is C14H21N5O3.